The van der Waals surface area contributed by atoms with E-state index in [1.807, 2.05) is 0 Å². The van der Waals surface area contributed by atoms with Crippen molar-refractivity contribution in [2.24, 2.45) is 22.7 Å². The first-order valence-corrected chi connectivity index (χ1v) is 9.68. The zero-order chi connectivity index (χ0) is 18.5. The topological polar surface area (TPSA) is 52.6 Å². The maximum atomic E-state index is 11.6. The van der Waals surface area contributed by atoms with E-state index in [0.29, 0.717) is 11.8 Å². The molecule has 25 heavy (non-hydrogen) atoms. The van der Waals surface area contributed by atoms with Crippen molar-refractivity contribution < 1.29 is 19.1 Å². The van der Waals surface area contributed by atoms with Crippen molar-refractivity contribution in [3.63, 3.8) is 0 Å². The highest BCUT2D eigenvalue weighted by atomic mass is 16.5. The lowest BCUT2D eigenvalue weighted by Crippen LogP contribution is -2.64. The van der Waals surface area contributed by atoms with E-state index in [1.165, 1.54) is 6.92 Å². The summed E-state index contributed by atoms with van der Waals surface area (Å²) in [4.78, 5) is 22.5. The van der Waals surface area contributed by atoms with E-state index in [2.05, 4.69) is 27.7 Å². The molecule has 1 heterocycles. The minimum Gasteiger partial charge on any atom is -0.491 e. The van der Waals surface area contributed by atoms with Crippen LogP contribution in [0.3, 0.4) is 0 Å². The molecular weight excluding hydrogens is 316 g/mol. The fraction of sp³-hybridized carbons (Fsp3) is 0.810. The maximum Gasteiger partial charge on any atom is 0.302 e. The van der Waals surface area contributed by atoms with E-state index in [-0.39, 0.29) is 28.5 Å². The number of rotatable bonds is 2. The molecule has 3 aliphatic rings. The summed E-state index contributed by atoms with van der Waals surface area (Å²) in [7, 11) is 0. The Morgan fingerprint density at radius 2 is 1.92 bits per heavy atom. The Bertz CT molecular complexity index is 593. The lowest BCUT2D eigenvalue weighted by Gasteiger charge is -2.64. The molecule has 3 rings (SSSR count). The minimum absolute atomic E-state index is 0.0279. The summed E-state index contributed by atoms with van der Waals surface area (Å²) in [6, 6.07) is 0. The third kappa shape index (κ3) is 2.63. The first-order valence-electron chi connectivity index (χ1n) is 9.68. The fourth-order valence-electron chi connectivity index (χ4n) is 6.43. The SMILES string of the molecule is CC(=O)O[C@@H]1CC[C@]2(C)[C@H](CC[C@H](C)[C@@]23CC/C(=C/C=O)O3)C1(C)C. The summed E-state index contributed by atoms with van der Waals surface area (Å²) in [5, 5.41) is 0. The van der Waals surface area contributed by atoms with E-state index in [1.54, 1.807) is 6.08 Å². The van der Waals surface area contributed by atoms with Gasteiger partial charge in [0.15, 0.2) is 0 Å². The number of esters is 1. The highest BCUT2D eigenvalue weighted by molar-refractivity contribution is 5.66. The first-order chi connectivity index (χ1) is 11.7. The van der Waals surface area contributed by atoms with Crippen molar-refractivity contribution in [3.8, 4) is 0 Å². The fourth-order valence-corrected chi connectivity index (χ4v) is 6.43. The van der Waals surface area contributed by atoms with Crippen molar-refractivity contribution in [3.05, 3.63) is 11.8 Å². The summed E-state index contributed by atoms with van der Waals surface area (Å²) in [5.74, 6) is 1.55. The molecule has 0 unspecified atom stereocenters. The molecule has 1 saturated heterocycles. The van der Waals surface area contributed by atoms with Gasteiger partial charge in [0.1, 0.15) is 23.8 Å². The molecule has 0 aromatic heterocycles. The first kappa shape index (κ1) is 18.5. The lowest BCUT2D eigenvalue weighted by molar-refractivity contribution is -0.230. The van der Waals surface area contributed by atoms with Crippen molar-refractivity contribution in [2.75, 3.05) is 0 Å². The largest absolute Gasteiger partial charge is 0.491 e. The van der Waals surface area contributed by atoms with Crippen molar-refractivity contribution in [1.29, 1.82) is 0 Å². The second-order valence-corrected chi connectivity index (χ2v) is 9.17. The standard InChI is InChI=1S/C21H32O4/c1-14-6-7-17-19(3,4)18(24-15(2)23)9-11-20(17,5)21(14)12-8-16(25-21)10-13-22/h10,13-14,17-18H,6-9,11-12H2,1-5H3/b16-10-/t14-,17+,18+,20+,21-/m0/s1. The van der Waals surface area contributed by atoms with Gasteiger partial charge in [-0.3, -0.25) is 9.59 Å². The van der Waals surface area contributed by atoms with Gasteiger partial charge in [-0.1, -0.05) is 27.7 Å². The Kier molecular flexibility index (Phi) is 4.53. The van der Waals surface area contributed by atoms with Crippen molar-refractivity contribution in [1.82, 2.24) is 0 Å². The summed E-state index contributed by atoms with van der Waals surface area (Å²) in [6.07, 6.45) is 8.36. The molecule has 1 aliphatic heterocycles. The Balaban J connectivity index is 1.97. The Labute approximate surface area is 151 Å². The van der Waals surface area contributed by atoms with Crippen LogP contribution in [0.25, 0.3) is 0 Å². The van der Waals surface area contributed by atoms with Crippen LogP contribution >= 0.6 is 0 Å². The summed E-state index contributed by atoms with van der Waals surface area (Å²) in [5.41, 5.74) is -0.251. The highest BCUT2D eigenvalue weighted by Gasteiger charge is 2.66. The van der Waals surface area contributed by atoms with Crippen LogP contribution in [0.1, 0.15) is 73.1 Å². The predicted molar refractivity (Wildman–Crippen MR) is 95.8 cm³/mol. The third-order valence-electron chi connectivity index (χ3n) is 7.69. The molecule has 1 spiro atoms. The summed E-state index contributed by atoms with van der Waals surface area (Å²) >= 11 is 0. The average Bonchev–Trinajstić information content (AvgIpc) is 2.94. The average molecular weight is 348 g/mol. The van der Waals surface area contributed by atoms with Crippen LogP contribution in [-0.4, -0.2) is 24.0 Å². The molecule has 5 atom stereocenters. The van der Waals surface area contributed by atoms with E-state index < -0.39 is 0 Å². The van der Waals surface area contributed by atoms with Crippen LogP contribution in [0.5, 0.6) is 0 Å². The highest BCUT2D eigenvalue weighted by Crippen LogP contribution is 2.67. The van der Waals surface area contributed by atoms with Gasteiger partial charge in [-0.2, -0.15) is 0 Å². The molecule has 3 fully saturated rings. The molecule has 0 aromatic rings. The Morgan fingerprint density at radius 3 is 2.56 bits per heavy atom. The van der Waals surface area contributed by atoms with E-state index in [4.69, 9.17) is 9.47 Å². The van der Waals surface area contributed by atoms with E-state index in [0.717, 1.165) is 50.6 Å². The van der Waals surface area contributed by atoms with Crippen LogP contribution in [0.15, 0.2) is 11.8 Å². The molecule has 2 saturated carbocycles. The number of hydrogen-bond donors (Lipinski definition) is 0. The van der Waals surface area contributed by atoms with Crippen LogP contribution in [0.2, 0.25) is 0 Å². The van der Waals surface area contributed by atoms with Gasteiger partial charge in [0.25, 0.3) is 0 Å². The van der Waals surface area contributed by atoms with Gasteiger partial charge in [0, 0.05) is 30.3 Å². The molecule has 140 valence electrons. The molecular formula is C21H32O4. The van der Waals surface area contributed by atoms with Crippen LogP contribution < -0.4 is 0 Å². The second-order valence-electron chi connectivity index (χ2n) is 9.17. The molecule has 0 amide bonds. The van der Waals surface area contributed by atoms with E-state index >= 15 is 0 Å². The number of hydrogen-bond acceptors (Lipinski definition) is 4. The van der Waals surface area contributed by atoms with Gasteiger partial charge in [-0.25, -0.2) is 0 Å². The molecule has 0 N–H and O–H groups in total. The molecule has 4 nitrogen and oxygen atoms in total. The summed E-state index contributed by atoms with van der Waals surface area (Å²) < 4.78 is 12.2. The maximum absolute atomic E-state index is 11.6. The molecule has 0 aromatic carbocycles. The van der Waals surface area contributed by atoms with Crippen molar-refractivity contribution >= 4 is 12.3 Å². The smallest absolute Gasteiger partial charge is 0.302 e. The van der Waals surface area contributed by atoms with Gasteiger partial charge in [0.2, 0.25) is 0 Å². The van der Waals surface area contributed by atoms with Crippen LogP contribution in [-0.2, 0) is 19.1 Å². The van der Waals surface area contributed by atoms with Crippen LogP contribution in [0.4, 0.5) is 0 Å². The number of allylic oxidation sites excluding steroid dienone is 2. The van der Waals surface area contributed by atoms with Gasteiger partial charge in [0.05, 0.1) is 0 Å². The number of ether oxygens (including phenoxy) is 2. The summed E-state index contributed by atoms with van der Waals surface area (Å²) in [6.45, 7) is 10.7. The number of aldehydes is 1. The number of fused-ring (bicyclic) bond motifs is 2. The molecule has 0 radical (unpaired) electrons. The van der Waals surface area contributed by atoms with Crippen LogP contribution in [0, 0.1) is 22.7 Å². The zero-order valence-corrected chi connectivity index (χ0v) is 16.3. The quantitative estimate of drug-likeness (QED) is 0.421. The van der Waals surface area contributed by atoms with Gasteiger partial charge >= 0.3 is 5.97 Å². The minimum atomic E-state index is -0.205. The van der Waals surface area contributed by atoms with Crippen molar-refractivity contribution in [2.45, 2.75) is 84.8 Å². The Morgan fingerprint density at radius 1 is 1.20 bits per heavy atom. The number of carbonyl (C=O) groups is 2. The second kappa shape index (κ2) is 6.14. The Hall–Kier alpha value is -1.32. The monoisotopic (exact) mass is 348 g/mol. The van der Waals surface area contributed by atoms with Gasteiger partial charge in [-0.15, -0.1) is 0 Å². The predicted octanol–water partition coefficient (Wildman–Crippen LogP) is 4.42. The lowest BCUT2D eigenvalue weighted by atomic mass is 9.44. The van der Waals surface area contributed by atoms with Gasteiger partial charge < -0.3 is 9.47 Å². The third-order valence-corrected chi connectivity index (χ3v) is 7.69. The normalized spacial score (nSPS) is 44.2. The zero-order valence-electron chi connectivity index (χ0n) is 16.3. The molecule has 4 heteroatoms. The van der Waals surface area contributed by atoms with Gasteiger partial charge in [-0.05, 0) is 43.9 Å². The molecule has 2 aliphatic carbocycles. The number of carbonyl (C=O) groups excluding carboxylic acids is 2. The van der Waals surface area contributed by atoms with E-state index in [9.17, 15) is 9.59 Å². The molecule has 0 bridgehead atoms.